The molecule has 10 heteroatoms. The van der Waals surface area contributed by atoms with E-state index < -0.39 is 19.0 Å². The van der Waals surface area contributed by atoms with Crippen LogP contribution in [0.25, 0.3) is 10.9 Å². The Balaban J connectivity index is 1.67. The second-order valence-electron chi connectivity index (χ2n) is 7.03. The molecular formula is C19H21F4N5O. The number of anilines is 1. The van der Waals surface area contributed by atoms with Crippen molar-refractivity contribution >= 4 is 16.7 Å². The fraction of sp³-hybridized carbons (Fsp3) is 0.421. The maximum atomic E-state index is 12.9. The normalized spacial score (nSPS) is 12.1. The maximum absolute atomic E-state index is 12.9. The van der Waals surface area contributed by atoms with Crippen LogP contribution in [0.2, 0.25) is 0 Å². The third kappa shape index (κ3) is 5.33. The number of nitrogens with zero attached hydrogens (tertiary/aromatic N) is 4. The van der Waals surface area contributed by atoms with Crippen molar-refractivity contribution in [1.82, 2.24) is 19.7 Å². The molecule has 0 saturated carbocycles. The van der Waals surface area contributed by atoms with Gasteiger partial charge in [0.15, 0.2) is 6.61 Å². The van der Waals surface area contributed by atoms with Crippen molar-refractivity contribution in [3.8, 4) is 5.75 Å². The average Bonchev–Trinajstić information content (AvgIpc) is 3.08. The average molecular weight is 411 g/mol. The van der Waals surface area contributed by atoms with Crippen molar-refractivity contribution in [2.45, 2.75) is 32.7 Å². The van der Waals surface area contributed by atoms with Crippen LogP contribution in [0.3, 0.4) is 0 Å². The van der Waals surface area contributed by atoms with E-state index in [2.05, 4.69) is 34.2 Å². The van der Waals surface area contributed by atoms with Crippen LogP contribution in [-0.4, -0.2) is 45.2 Å². The molecule has 0 aliphatic heterocycles. The Morgan fingerprint density at radius 3 is 2.62 bits per heavy atom. The lowest BCUT2D eigenvalue weighted by atomic mass is 10.2. The first-order chi connectivity index (χ1) is 13.7. The van der Waals surface area contributed by atoms with Crippen molar-refractivity contribution in [2.75, 3.05) is 18.5 Å². The van der Waals surface area contributed by atoms with Crippen molar-refractivity contribution in [2.24, 2.45) is 5.92 Å². The van der Waals surface area contributed by atoms with Crippen molar-refractivity contribution in [1.29, 1.82) is 0 Å². The van der Waals surface area contributed by atoms with E-state index in [4.69, 9.17) is 4.74 Å². The van der Waals surface area contributed by atoms with Crippen LogP contribution in [-0.2, 0) is 6.54 Å². The molecular weight excluding hydrogens is 390 g/mol. The summed E-state index contributed by atoms with van der Waals surface area (Å²) in [5.41, 5.74) is 1.39. The minimum absolute atomic E-state index is 0.0101. The van der Waals surface area contributed by atoms with Crippen LogP contribution in [0.15, 0.2) is 36.8 Å². The van der Waals surface area contributed by atoms with Gasteiger partial charge >= 0.3 is 12.3 Å². The number of ether oxygens (including phenoxy) is 1. The monoisotopic (exact) mass is 411 g/mol. The van der Waals surface area contributed by atoms with E-state index in [0.29, 0.717) is 18.2 Å². The first-order valence-corrected chi connectivity index (χ1v) is 9.04. The molecule has 0 unspecified atom stereocenters. The summed E-state index contributed by atoms with van der Waals surface area (Å²) in [6.07, 6.45) is 0.970. The summed E-state index contributed by atoms with van der Waals surface area (Å²) in [4.78, 5) is 8.47. The SMILES string of the molecule is CC(C)CNc1nccc2nn(Cc3ccc(OCC(F)(F)C(F)F)cn3)cc12. The molecule has 3 aromatic rings. The number of pyridine rings is 2. The molecule has 0 radical (unpaired) electrons. The van der Waals surface area contributed by atoms with Crippen LogP contribution >= 0.6 is 0 Å². The summed E-state index contributed by atoms with van der Waals surface area (Å²) in [5, 5.41) is 8.66. The van der Waals surface area contributed by atoms with E-state index >= 15 is 0 Å². The Hall–Kier alpha value is -2.91. The van der Waals surface area contributed by atoms with E-state index in [1.807, 2.05) is 6.20 Å². The number of aromatic nitrogens is 4. The number of fused-ring (bicyclic) bond motifs is 1. The highest BCUT2D eigenvalue weighted by molar-refractivity contribution is 5.88. The summed E-state index contributed by atoms with van der Waals surface area (Å²) in [6.45, 7) is 3.92. The van der Waals surface area contributed by atoms with Crippen LogP contribution in [0, 0.1) is 5.92 Å². The molecule has 156 valence electrons. The number of hydrogen-bond acceptors (Lipinski definition) is 5. The second-order valence-corrected chi connectivity index (χ2v) is 7.03. The Labute approximate surface area is 164 Å². The molecule has 0 aliphatic carbocycles. The largest absolute Gasteiger partial charge is 0.485 e. The van der Waals surface area contributed by atoms with Gasteiger partial charge < -0.3 is 10.1 Å². The summed E-state index contributed by atoms with van der Waals surface area (Å²) >= 11 is 0. The molecule has 0 amide bonds. The van der Waals surface area contributed by atoms with Gasteiger partial charge in [0, 0.05) is 18.9 Å². The molecule has 0 fully saturated rings. The fourth-order valence-electron chi connectivity index (χ4n) is 2.51. The predicted molar refractivity (Wildman–Crippen MR) is 101 cm³/mol. The summed E-state index contributed by atoms with van der Waals surface area (Å²) in [6, 6.07) is 4.78. The minimum Gasteiger partial charge on any atom is -0.485 e. The van der Waals surface area contributed by atoms with Gasteiger partial charge in [0.05, 0.1) is 29.3 Å². The Morgan fingerprint density at radius 1 is 1.17 bits per heavy atom. The number of nitrogens with one attached hydrogen (secondary N) is 1. The lowest BCUT2D eigenvalue weighted by molar-refractivity contribution is -0.148. The van der Waals surface area contributed by atoms with Crippen LogP contribution < -0.4 is 10.1 Å². The van der Waals surface area contributed by atoms with E-state index in [0.717, 1.165) is 23.3 Å². The molecule has 0 spiro atoms. The zero-order chi connectivity index (χ0) is 21.0. The number of hydrogen-bond donors (Lipinski definition) is 1. The van der Waals surface area contributed by atoms with E-state index in [1.54, 1.807) is 23.0 Å². The van der Waals surface area contributed by atoms with Gasteiger partial charge in [-0.05, 0) is 24.1 Å². The van der Waals surface area contributed by atoms with Crippen molar-refractivity contribution < 1.29 is 22.3 Å². The van der Waals surface area contributed by atoms with Gasteiger partial charge in [0.25, 0.3) is 0 Å². The topological polar surface area (TPSA) is 64.9 Å². The lowest BCUT2D eigenvalue weighted by Crippen LogP contribution is -2.33. The number of alkyl halides is 4. The van der Waals surface area contributed by atoms with E-state index in [9.17, 15) is 17.6 Å². The van der Waals surface area contributed by atoms with Gasteiger partial charge in [-0.15, -0.1) is 0 Å². The summed E-state index contributed by atoms with van der Waals surface area (Å²) < 4.78 is 56.6. The molecule has 0 aliphatic rings. The molecule has 3 rings (SSSR count). The van der Waals surface area contributed by atoms with Gasteiger partial charge in [-0.2, -0.15) is 13.9 Å². The van der Waals surface area contributed by atoms with Crippen LogP contribution in [0.4, 0.5) is 23.4 Å². The molecule has 3 aromatic heterocycles. The van der Waals surface area contributed by atoms with Crippen LogP contribution in [0.5, 0.6) is 5.75 Å². The standard InChI is InChI=1S/C19H21F4N5O/c1-12(2)7-26-17-15-10-28(27-16(15)5-6-24-17)9-13-3-4-14(8-25-13)29-11-19(22,23)18(20)21/h3-6,8,10,12,18H,7,9,11H2,1-2H3,(H,24,26). The third-order valence-electron chi connectivity index (χ3n) is 4.03. The van der Waals surface area contributed by atoms with Gasteiger partial charge in [-0.1, -0.05) is 13.8 Å². The highest BCUT2D eigenvalue weighted by atomic mass is 19.3. The summed E-state index contributed by atoms with van der Waals surface area (Å²) in [7, 11) is 0. The molecule has 3 heterocycles. The Morgan fingerprint density at radius 2 is 1.97 bits per heavy atom. The molecule has 1 N–H and O–H groups in total. The predicted octanol–water partition coefficient (Wildman–Crippen LogP) is 4.22. The van der Waals surface area contributed by atoms with Gasteiger partial charge in [0.1, 0.15) is 11.6 Å². The first-order valence-electron chi connectivity index (χ1n) is 9.04. The Bertz CT molecular complexity index is 943. The van der Waals surface area contributed by atoms with Gasteiger partial charge in [-0.3, -0.25) is 9.67 Å². The molecule has 29 heavy (non-hydrogen) atoms. The van der Waals surface area contributed by atoms with Crippen molar-refractivity contribution in [3.05, 3.63) is 42.5 Å². The maximum Gasteiger partial charge on any atom is 0.340 e. The molecule has 0 bridgehead atoms. The molecule has 0 saturated heterocycles. The van der Waals surface area contributed by atoms with Crippen molar-refractivity contribution in [3.63, 3.8) is 0 Å². The fourth-order valence-corrected chi connectivity index (χ4v) is 2.51. The highest BCUT2D eigenvalue weighted by Gasteiger charge is 2.41. The summed E-state index contributed by atoms with van der Waals surface area (Å²) in [5.74, 6) is -3.00. The van der Waals surface area contributed by atoms with Crippen LogP contribution in [0.1, 0.15) is 19.5 Å². The van der Waals surface area contributed by atoms with E-state index in [-0.39, 0.29) is 5.75 Å². The zero-order valence-electron chi connectivity index (χ0n) is 15.9. The quantitative estimate of drug-likeness (QED) is 0.534. The third-order valence-corrected chi connectivity index (χ3v) is 4.03. The minimum atomic E-state index is -4.21. The lowest BCUT2D eigenvalue weighted by Gasteiger charge is -2.15. The molecule has 0 aromatic carbocycles. The molecule has 6 nitrogen and oxygen atoms in total. The number of rotatable bonds is 9. The van der Waals surface area contributed by atoms with Gasteiger partial charge in [-0.25, -0.2) is 13.8 Å². The highest BCUT2D eigenvalue weighted by Crippen LogP contribution is 2.24. The van der Waals surface area contributed by atoms with E-state index in [1.165, 1.54) is 12.3 Å². The smallest absolute Gasteiger partial charge is 0.340 e. The zero-order valence-corrected chi connectivity index (χ0v) is 15.9. The number of halogens is 4. The Kier molecular flexibility index (Phi) is 6.19. The second kappa shape index (κ2) is 8.62. The van der Waals surface area contributed by atoms with Gasteiger partial charge in [0.2, 0.25) is 0 Å². The first kappa shape index (κ1) is 20.8. The molecule has 0 atom stereocenters.